The second-order valence-electron chi connectivity index (χ2n) is 10.2. The first-order chi connectivity index (χ1) is 19.9. The Kier molecular flexibility index (Phi) is 10.5. The molecule has 0 aromatic heterocycles. The van der Waals surface area contributed by atoms with E-state index in [1.807, 2.05) is 116 Å². The van der Waals surface area contributed by atoms with Crippen LogP contribution in [0.1, 0.15) is 39.8 Å². The van der Waals surface area contributed by atoms with Crippen molar-refractivity contribution in [1.29, 1.82) is 0 Å². The number of rotatable bonds is 10. The van der Waals surface area contributed by atoms with Gasteiger partial charge in [0, 0.05) is 13.1 Å². The zero-order valence-corrected chi connectivity index (χ0v) is 23.7. The van der Waals surface area contributed by atoms with E-state index in [4.69, 9.17) is 14.6 Å². The predicted octanol–water partition coefficient (Wildman–Crippen LogP) is 6.55. The van der Waals surface area contributed by atoms with Crippen molar-refractivity contribution in [2.45, 2.75) is 46.3 Å². The molecule has 0 unspecified atom stereocenters. The molecule has 0 atom stereocenters. The van der Waals surface area contributed by atoms with Gasteiger partial charge in [0.2, 0.25) is 5.91 Å². The summed E-state index contributed by atoms with van der Waals surface area (Å²) in [5.41, 5.74) is 6.21. The number of ether oxygens (including phenoxy) is 2. The molecule has 6 heteroatoms. The van der Waals surface area contributed by atoms with Crippen molar-refractivity contribution in [3.63, 3.8) is 0 Å². The monoisotopic (exact) mass is 551 g/mol. The van der Waals surface area contributed by atoms with Gasteiger partial charge in [-0.3, -0.25) is 9.59 Å². The summed E-state index contributed by atoms with van der Waals surface area (Å²) in [6.07, 6.45) is 1.67. The van der Waals surface area contributed by atoms with E-state index in [1.54, 1.807) is 0 Å². The molecule has 1 amide bonds. The summed E-state index contributed by atoms with van der Waals surface area (Å²) in [4.78, 5) is 24.6. The number of benzene rings is 4. The van der Waals surface area contributed by atoms with Gasteiger partial charge < -0.3 is 19.5 Å². The van der Waals surface area contributed by atoms with Gasteiger partial charge in [-0.15, -0.1) is 0 Å². The fraction of sp³-hybridized carbons (Fsp3) is 0.257. The van der Waals surface area contributed by atoms with Gasteiger partial charge in [-0.1, -0.05) is 72.8 Å². The number of aliphatic carboxylic acids is 1. The molecular formula is C35H37NO5. The van der Waals surface area contributed by atoms with Gasteiger partial charge >= 0.3 is 5.97 Å². The maximum atomic E-state index is 12.0. The SMILES string of the molecule is Cc1cc(OCc2ccccc2)ccc1CC(=O)N1CCC1.Cc1cc(OCc2ccccc2)ccc1CC(=O)O. The molecule has 1 saturated heterocycles. The highest BCUT2D eigenvalue weighted by Crippen LogP contribution is 2.21. The Morgan fingerprint density at radius 2 is 1.15 bits per heavy atom. The maximum absolute atomic E-state index is 12.0. The van der Waals surface area contributed by atoms with Crippen molar-refractivity contribution in [1.82, 2.24) is 4.90 Å². The van der Waals surface area contributed by atoms with E-state index >= 15 is 0 Å². The molecule has 0 saturated carbocycles. The van der Waals surface area contributed by atoms with E-state index in [0.717, 1.165) is 64.4 Å². The van der Waals surface area contributed by atoms with Crippen molar-refractivity contribution in [2.75, 3.05) is 13.1 Å². The molecule has 1 fully saturated rings. The fourth-order valence-corrected chi connectivity index (χ4v) is 4.40. The van der Waals surface area contributed by atoms with E-state index in [9.17, 15) is 9.59 Å². The highest BCUT2D eigenvalue weighted by atomic mass is 16.5. The number of aryl methyl sites for hydroxylation is 2. The van der Waals surface area contributed by atoms with Crippen LogP contribution in [-0.4, -0.2) is 35.0 Å². The van der Waals surface area contributed by atoms with E-state index < -0.39 is 5.97 Å². The molecule has 1 aliphatic rings. The highest BCUT2D eigenvalue weighted by Gasteiger charge is 2.20. The Morgan fingerprint density at radius 3 is 1.54 bits per heavy atom. The van der Waals surface area contributed by atoms with Crippen LogP contribution in [0.15, 0.2) is 97.1 Å². The van der Waals surface area contributed by atoms with Gasteiger partial charge in [-0.25, -0.2) is 0 Å². The third-order valence-corrected chi connectivity index (χ3v) is 7.02. The third-order valence-electron chi connectivity index (χ3n) is 7.02. The number of likely N-dealkylation sites (tertiary alicyclic amines) is 1. The molecular weight excluding hydrogens is 514 g/mol. The molecule has 5 rings (SSSR count). The van der Waals surface area contributed by atoms with Gasteiger partial charge in [-0.2, -0.15) is 0 Å². The summed E-state index contributed by atoms with van der Waals surface area (Å²) >= 11 is 0. The number of carboxylic acid groups (broad SMARTS) is 1. The Labute approximate surface area is 242 Å². The van der Waals surface area contributed by atoms with Gasteiger partial charge in [0.25, 0.3) is 0 Å². The summed E-state index contributed by atoms with van der Waals surface area (Å²) < 4.78 is 11.5. The lowest BCUT2D eigenvalue weighted by Crippen LogP contribution is -2.42. The normalized spacial score (nSPS) is 12.0. The van der Waals surface area contributed by atoms with Crippen molar-refractivity contribution < 1.29 is 24.2 Å². The lowest BCUT2D eigenvalue weighted by atomic mass is 10.0. The lowest BCUT2D eigenvalue weighted by Gasteiger charge is -2.31. The molecule has 212 valence electrons. The molecule has 0 bridgehead atoms. The van der Waals surface area contributed by atoms with Gasteiger partial charge in [0.15, 0.2) is 0 Å². The summed E-state index contributed by atoms with van der Waals surface area (Å²) in [5.74, 6) is 1.02. The first kappa shape index (κ1) is 29.4. The maximum Gasteiger partial charge on any atom is 0.307 e. The van der Waals surface area contributed by atoms with Gasteiger partial charge in [-0.05, 0) is 77.9 Å². The van der Waals surface area contributed by atoms with Crippen molar-refractivity contribution >= 4 is 11.9 Å². The quantitative estimate of drug-likeness (QED) is 0.242. The van der Waals surface area contributed by atoms with Crippen molar-refractivity contribution in [3.8, 4) is 11.5 Å². The van der Waals surface area contributed by atoms with E-state index in [-0.39, 0.29) is 12.3 Å². The molecule has 6 nitrogen and oxygen atoms in total. The van der Waals surface area contributed by atoms with Crippen LogP contribution in [0.5, 0.6) is 11.5 Å². The second-order valence-corrected chi connectivity index (χ2v) is 10.2. The van der Waals surface area contributed by atoms with Crippen LogP contribution >= 0.6 is 0 Å². The van der Waals surface area contributed by atoms with Gasteiger partial charge in [0.1, 0.15) is 24.7 Å². The minimum Gasteiger partial charge on any atom is -0.489 e. The van der Waals surface area contributed by atoms with Crippen LogP contribution in [0.4, 0.5) is 0 Å². The Bertz CT molecular complexity index is 1430. The van der Waals surface area contributed by atoms with Crippen LogP contribution in [0.2, 0.25) is 0 Å². The van der Waals surface area contributed by atoms with Crippen LogP contribution < -0.4 is 9.47 Å². The second kappa shape index (κ2) is 14.7. The molecule has 4 aromatic rings. The average Bonchev–Trinajstić information content (AvgIpc) is 2.94. The molecule has 1 aliphatic heterocycles. The van der Waals surface area contributed by atoms with Crippen LogP contribution in [0.25, 0.3) is 0 Å². The zero-order valence-electron chi connectivity index (χ0n) is 23.7. The smallest absolute Gasteiger partial charge is 0.307 e. The Hall–Kier alpha value is -4.58. The summed E-state index contributed by atoms with van der Waals surface area (Å²) in [7, 11) is 0. The van der Waals surface area contributed by atoms with Crippen molar-refractivity contribution in [2.24, 2.45) is 0 Å². The Morgan fingerprint density at radius 1 is 0.683 bits per heavy atom. The molecule has 1 N–H and O–H groups in total. The lowest BCUT2D eigenvalue weighted by molar-refractivity contribution is -0.136. The first-order valence-electron chi connectivity index (χ1n) is 13.9. The summed E-state index contributed by atoms with van der Waals surface area (Å²) in [6.45, 7) is 6.83. The first-order valence-corrected chi connectivity index (χ1v) is 13.9. The standard InChI is InChI=1S/C19H21NO2.C16H16O3/c1-15-12-18(22-14-16-6-3-2-4-7-16)9-8-17(15)13-19(21)20-10-5-11-20;1-12-9-15(8-7-14(12)10-16(17)18)19-11-13-5-3-2-4-6-13/h2-4,6-9,12H,5,10-11,13-14H2,1H3;2-9H,10-11H2,1H3,(H,17,18). The summed E-state index contributed by atoms with van der Waals surface area (Å²) in [6, 6.07) is 31.5. The minimum atomic E-state index is -0.818. The minimum absolute atomic E-state index is 0.0464. The molecule has 1 heterocycles. The third kappa shape index (κ3) is 9.24. The van der Waals surface area contributed by atoms with E-state index in [1.165, 1.54) is 0 Å². The molecule has 4 aromatic carbocycles. The van der Waals surface area contributed by atoms with E-state index in [2.05, 4.69) is 0 Å². The predicted molar refractivity (Wildman–Crippen MR) is 160 cm³/mol. The number of hydrogen-bond donors (Lipinski definition) is 1. The molecule has 0 spiro atoms. The number of carboxylic acids is 1. The van der Waals surface area contributed by atoms with E-state index in [0.29, 0.717) is 19.6 Å². The molecule has 41 heavy (non-hydrogen) atoms. The van der Waals surface area contributed by atoms with Crippen LogP contribution in [0.3, 0.4) is 0 Å². The van der Waals surface area contributed by atoms with Crippen LogP contribution in [-0.2, 0) is 35.6 Å². The topological polar surface area (TPSA) is 76.1 Å². The zero-order chi connectivity index (χ0) is 29.0. The number of carbonyl (C=O) groups is 2. The number of amides is 1. The molecule has 0 aliphatic carbocycles. The van der Waals surface area contributed by atoms with Crippen molar-refractivity contribution in [3.05, 3.63) is 130 Å². The number of carbonyl (C=O) groups excluding carboxylic acids is 1. The van der Waals surface area contributed by atoms with Gasteiger partial charge in [0.05, 0.1) is 12.8 Å². The largest absolute Gasteiger partial charge is 0.489 e. The number of nitrogens with zero attached hydrogens (tertiary/aromatic N) is 1. The Balaban J connectivity index is 0.000000191. The summed E-state index contributed by atoms with van der Waals surface area (Å²) in [5, 5.41) is 8.78. The van der Waals surface area contributed by atoms with Crippen LogP contribution in [0, 0.1) is 13.8 Å². The molecule has 0 radical (unpaired) electrons. The highest BCUT2D eigenvalue weighted by molar-refractivity contribution is 5.79. The number of hydrogen-bond acceptors (Lipinski definition) is 4. The fourth-order valence-electron chi connectivity index (χ4n) is 4.40. The average molecular weight is 552 g/mol.